The van der Waals surface area contributed by atoms with Gasteiger partial charge in [0.05, 0.1) is 12.1 Å². The average Bonchev–Trinajstić information content (AvgIpc) is 3.40. The van der Waals surface area contributed by atoms with Gasteiger partial charge in [-0.15, -0.1) is 15.3 Å². The maximum Gasteiger partial charge on any atom is 0.239 e. The van der Waals surface area contributed by atoms with Crippen molar-refractivity contribution in [3.63, 3.8) is 0 Å². The van der Waals surface area contributed by atoms with Crippen molar-refractivity contribution in [3.05, 3.63) is 54.0 Å². The van der Waals surface area contributed by atoms with Crippen molar-refractivity contribution >= 4 is 23.2 Å². The third-order valence-electron chi connectivity index (χ3n) is 5.32. The molecule has 0 atom stereocenters. The molecule has 1 saturated heterocycles. The first-order chi connectivity index (χ1) is 15.6. The summed E-state index contributed by atoms with van der Waals surface area (Å²) in [6.45, 7) is 4.85. The van der Waals surface area contributed by atoms with Gasteiger partial charge in [-0.2, -0.15) is 4.52 Å². The van der Waals surface area contributed by atoms with Gasteiger partial charge in [-0.25, -0.2) is 4.39 Å². The second-order valence-electron chi connectivity index (χ2n) is 7.60. The number of aromatic nitrogens is 5. The molecule has 3 aromatic heterocycles. The van der Waals surface area contributed by atoms with Crippen molar-refractivity contribution < 1.29 is 13.7 Å². The third-order valence-corrected chi connectivity index (χ3v) is 5.32. The van der Waals surface area contributed by atoms with Gasteiger partial charge in [0.25, 0.3) is 0 Å². The Morgan fingerprint density at radius 1 is 1.12 bits per heavy atom. The van der Waals surface area contributed by atoms with Crippen LogP contribution in [0, 0.1) is 12.7 Å². The molecule has 1 N–H and O–H groups in total. The molecule has 1 fully saturated rings. The van der Waals surface area contributed by atoms with E-state index in [9.17, 15) is 9.18 Å². The number of nitrogens with zero attached hydrogens (tertiary/aromatic N) is 7. The van der Waals surface area contributed by atoms with Gasteiger partial charge in [0, 0.05) is 32.2 Å². The van der Waals surface area contributed by atoms with Crippen molar-refractivity contribution in [2.24, 2.45) is 0 Å². The highest BCUT2D eigenvalue weighted by Crippen LogP contribution is 2.22. The number of nitrogens with one attached hydrogen (secondary N) is 1. The standard InChI is InChI=1S/C21H21FN8O2/c1-14-12-17(27-32-14)23-20(31)13-28-8-10-29(11-9-28)19-7-6-18-24-25-21(30(18)26-19)15-4-2-3-5-16(15)22/h2-7,12H,8-11,13H2,1H3,(H,23,27,31). The Kier molecular flexibility index (Phi) is 5.23. The fraction of sp³-hybridized carbons (Fsp3) is 0.286. The Hall–Kier alpha value is -3.86. The first kappa shape index (κ1) is 20.1. The molecule has 0 radical (unpaired) electrons. The van der Waals surface area contributed by atoms with Gasteiger partial charge >= 0.3 is 0 Å². The largest absolute Gasteiger partial charge is 0.360 e. The van der Waals surface area contributed by atoms with Crippen LogP contribution in [0.25, 0.3) is 17.0 Å². The number of aryl methyl sites for hydroxylation is 1. The molecule has 0 saturated carbocycles. The zero-order chi connectivity index (χ0) is 22.1. The van der Waals surface area contributed by atoms with Crippen molar-refractivity contribution in [1.29, 1.82) is 0 Å². The molecule has 11 heteroatoms. The van der Waals surface area contributed by atoms with E-state index in [2.05, 4.69) is 35.6 Å². The molecule has 1 aromatic carbocycles. The van der Waals surface area contributed by atoms with Gasteiger partial charge in [0.2, 0.25) is 5.91 Å². The zero-order valence-electron chi connectivity index (χ0n) is 17.4. The van der Waals surface area contributed by atoms with E-state index < -0.39 is 0 Å². The number of halogens is 1. The molecule has 1 amide bonds. The van der Waals surface area contributed by atoms with Crippen molar-refractivity contribution in [2.75, 3.05) is 42.9 Å². The predicted octanol–water partition coefficient (Wildman–Crippen LogP) is 1.99. The Morgan fingerprint density at radius 3 is 2.69 bits per heavy atom. The Bertz CT molecular complexity index is 1260. The summed E-state index contributed by atoms with van der Waals surface area (Å²) < 4.78 is 20.8. The molecule has 0 bridgehead atoms. The minimum Gasteiger partial charge on any atom is -0.360 e. The van der Waals surface area contributed by atoms with Crippen LogP contribution in [0.1, 0.15) is 5.76 Å². The van der Waals surface area contributed by atoms with Gasteiger partial charge in [-0.1, -0.05) is 17.3 Å². The first-order valence-electron chi connectivity index (χ1n) is 10.2. The van der Waals surface area contributed by atoms with Crippen LogP contribution < -0.4 is 10.2 Å². The van der Waals surface area contributed by atoms with Crippen molar-refractivity contribution in [3.8, 4) is 11.4 Å². The van der Waals surface area contributed by atoms with Crippen LogP contribution in [0.2, 0.25) is 0 Å². The van der Waals surface area contributed by atoms with Gasteiger partial charge in [0.15, 0.2) is 17.3 Å². The van der Waals surface area contributed by atoms with Crippen LogP contribution in [0.3, 0.4) is 0 Å². The number of amides is 1. The van der Waals surface area contributed by atoms with Gasteiger partial charge in [0.1, 0.15) is 17.4 Å². The van der Waals surface area contributed by atoms with E-state index in [4.69, 9.17) is 4.52 Å². The number of benzene rings is 1. The lowest BCUT2D eigenvalue weighted by atomic mass is 10.2. The molecule has 0 unspecified atom stereocenters. The average molecular weight is 436 g/mol. The highest BCUT2D eigenvalue weighted by Gasteiger charge is 2.22. The smallest absolute Gasteiger partial charge is 0.239 e. The van der Waals surface area contributed by atoms with E-state index in [0.717, 1.165) is 5.82 Å². The number of carbonyl (C=O) groups excluding carboxylic acids is 1. The third kappa shape index (κ3) is 4.02. The minimum absolute atomic E-state index is 0.134. The fourth-order valence-electron chi connectivity index (χ4n) is 3.70. The summed E-state index contributed by atoms with van der Waals surface area (Å²) in [5, 5.41) is 19.4. The van der Waals surface area contributed by atoms with Crippen molar-refractivity contribution in [2.45, 2.75) is 6.92 Å². The maximum absolute atomic E-state index is 14.3. The van der Waals surface area contributed by atoms with Gasteiger partial charge < -0.3 is 14.7 Å². The molecule has 1 aliphatic rings. The summed E-state index contributed by atoms with van der Waals surface area (Å²) in [5.41, 5.74) is 0.896. The number of anilines is 2. The highest BCUT2D eigenvalue weighted by molar-refractivity contribution is 5.91. The van der Waals surface area contributed by atoms with Crippen molar-refractivity contribution in [1.82, 2.24) is 29.9 Å². The van der Waals surface area contributed by atoms with E-state index in [-0.39, 0.29) is 18.3 Å². The van der Waals surface area contributed by atoms with Crippen LogP contribution in [-0.2, 0) is 4.79 Å². The molecule has 1 aliphatic heterocycles. The SMILES string of the molecule is Cc1cc(NC(=O)CN2CCN(c3ccc4nnc(-c5ccccc5F)n4n3)CC2)no1. The maximum atomic E-state index is 14.3. The zero-order valence-corrected chi connectivity index (χ0v) is 17.4. The summed E-state index contributed by atoms with van der Waals surface area (Å²) in [6, 6.07) is 11.8. The van der Waals surface area contributed by atoms with Crippen LogP contribution in [0.15, 0.2) is 47.0 Å². The van der Waals surface area contributed by atoms with E-state index >= 15 is 0 Å². The summed E-state index contributed by atoms with van der Waals surface area (Å²) in [6.07, 6.45) is 0. The second kappa shape index (κ2) is 8.35. The lowest BCUT2D eigenvalue weighted by Crippen LogP contribution is -2.49. The minimum atomic E-state index is -0.373. The lowest BCUT2D eigenvalue weighted by molar-refractivity contribution is -0.117. The monoisotopic (exact) mass is 436 g/mol. The number of carbonyl (C=O) groups is 1. The Labute approximate surface area is 182 Å². The van der Waals surface area contributed by atoms with Crippen LogP contribution in [-0.4, -0.2) is 68.5 Å². The van der Waals surface area contributed by atoms with E-state index in [1.165, 1.54) is 6.07 Å². The summed E-state index contributed by atoms with van der Waals surface area (Å²) in [5.74, 6) is 1.66. The quantitative estimate of drug-likeness (QED) is 0.507. The summed E-state index contributed by atoms with van der Waals surface area (Å²) in [4.78, 5) is 16.4. The van der Waals surface area contributed by atoms with E-state index in [0.29, 0.717) is 54.8 Å². The lowest BCUT2D eigenvalue weighted by Gasteiger charge is -2.34. The Balaban J connectivity index is 1.25. The number of hydrogen-bond acceptors (Lipinski definition) is 8. The highest BCUT2D eigenvalue weighted by atomic mass is 19.1. The molecule has 0 aliphatic carbocycles. The number of piperazine rings is 1. The number of hydrogen-bond donors (Lipinski definition) is 1. The number of rotatable bonds is 5. The molecular weight excluding hydrogens is 415 g/mol. The summed E-state index contributed by atoms with van der Waals surface area (Å²) in [7, 11) is 0. The summed E-state index contributed by atoms with van der Waals surface area (Å²) >= 11 is 0. The fourth-order valence-corrected chi connectivity index (χ4v) is 3.70. The van der Waals surface area contributed by atoms with Gasteiger partial charge in [-0.05, 0) is 31.2 Å². The molecular formula is C21H21FN8O2. The van der Waals surface area contributed by atoms with E-state index in [1.807, 2.05) is 12.1 Å². The number of fused-ring (bicyclic) bond motifs is 1. The molecule has 164 valence electrons. The topological polar surface area (TPSA) is 105 Å². The molecule has 5 rings (SSSR count). The molecule has 10 nitrogen and oxygen atoms in total. The van der Waals surface area contributed by atoms with Gasteiger partial charge in [-0.3, -0.25) is 9.69 Å². The molecule has 4 aromatic rings. The second-order valence-corrected chi connectivity index (χ2v) is 7.60. The molecule has 0 spiro atoms. The van der Waals surface area contributed by atoms with E-state index in [1.54, 1.807) is 35.7 Å². The van der Waals surface area contributed by atoms with Crippen LogP contribution >= 0.6 is 0 Å². The normalized spacial score (nSPS) is 14.8. The Morgan fingerprint density at radius 2 is 1.94 bits per heavy atom. The van der Waals surface area contributed by atoms with Crippen LogP contribution in [0.4, 0.5) is 16.0 Å². The molecule has 32 heavy (non-hydrogen) atoms. The van der Waals surface area contributed by atoms with Crippen LogP contribution in [0.5, 0.6) is 0 Å². The predicted molar refractivity (Wildman–Crippen MR) is 115 cm³/mol. The first-order valence-corrected chi connectivity index (χ1v) is 10.2. The molecule has 4 heterocycles.